The molecule has 0 saturated heterocycles. The molecule has 4 heteroatoms. The third-order valence-electron chi connectivity index (χ3n) is 2.21. The molecule has 0 saturated carbocycles. The third kappa shape index (κ3) is 3.79. The molecule has 0 aliphatic carbocycles. The first-order valence-electron chi connectivity index (χ1n) is 5.17. The number of hydrogen-bond donors (Lipinski definition) is 1. The van der Waals surface area contributed by atoms with Crippen LogP contribution >= 0.6 is 12.2 Å². The predicted molar refractivity (Wildman–Crippen MR) is 69.1 cm³/mol. The molecule has 16 heavy (non-hydrogen) atoms. The van der Waals surface area contributed by atoms with E-state index < -0.39 is 0 Å². The molecule has 1 aromatic carbocycles. The molecular weight excluding hydrogens is 222 g/mol. The van der Waals surface area contributed by atoms with E-state index in [1.165, 1.54) is 0 Å². The van der Waals surface area contributed by atoms with Gasteiger partial charge in [0.05, 0.1) is 6.61 Å². The number of ether oxygens (including phenoxy) is 2. The van der Waals surface area contributed by atoms with Crippen molar-refractivity contribution in [1.29, 1.82) is 0 Å². The van der Waals surface area contributed by atoms with Crippen molar-refractivity contribution in [3.8, 4) is 5.75 Å². The summed E-state index contributed by atoms with van der Waals surface area (Å²) in [6.07, 6.45) is 0.882. The van der Waals surface area contributed by atoms with Gasteiger partial charge >= 0.3 is 0 Å². The molecule has 0 amide bonds. The molecule has 3 nitrogen and oxygen atoms in total. The number of thiocarbonyl (C=S) groups is 1. The highest BCUT2D eigenvalue weighted by Crippen LogP contribution is 2.19. The number of hydrogen-bond acceptors (Lipinski definition) is 3. The Morgan fingerprint density at radius 1 is 1.38 bits per heavy atom. The summed E-state index contributed by atoms with van der Waals surface area (Å²) in [6, 6.07) is 5.71. The Kier molecular flexibility index (Phi) is 5.22. The molecule has 1 aromatic rings. The molecule has 0 radical (unpaired) electrons. The normalized spacial score (nSPS) is 10.1. The molecule has 0 aromatic heterocycles. The summed E-state index contributed by atoms with van der Waals surface area (Å²) in [7, 11) is 1.68. The van der Waals surface area contributed by atoms with Gasteiger partial charge < -0.3 is 15.2 Å². The molecule has 0 spiro atoms. The largest absolute Gasteiger partial charge is 0.493 e. The Bertz CT molecular complexity index is 366. The van der Waals surface area contributed by atoms with Crippen LogP contribution in [0.3, 0.4) is 0 Å². The minimum absolute atomic E-state index is 0.411. The van der Waals surface area contributed by atoms with Crippen molar-refractivity contribution in [1.82, 2.24) is 0 Å². The molecule has 0 aliphatic rings. The minimum atomic E-state index is 0.411. The van der Waals surface area contributed by atoms with Crippen LogP contribution in [0.1, 0.15) is 17.5 Å². The third-order valence-corrected chi connectivity index (χ3v) is 2.45. The molecule has 1 rings (SSSR count). The Hall–Kier alpha value is -1.13. The number of methoxy groups -OCH3 is 1. The number of aryl methyl sites for hydroxylation is 1. The van der Waals surface area contributed by atoms with Gasteiger partial charge in [0.25, 0.3) is 0 Å². The van der Waals surface area contributed by atoms with Crippen LogP contribution in [-0.4, -0.2) is 25.3 Å². The highest BCUT2D eigenvalue weighted by molar-refractivity contribution is 7.80. The number of benzene rings is 1. The smallest absolute Gasteiger partial charge is 0.122 e. The first-order chi connectivity index (χ1) is 7.65. The second-order valence-corrected chi connectivity index (χ2v) is 3.98. The summed E-state index contributed by atoms with van der Waals surface area (Å²) < 4.78 is 10.6. The van der Waals surface area contributed by atoms with E-state index in [9.17, 15) is 0 Å². The van der Waals surface area contributed by atoms with Gasteiger partial charge in [-0.3, -0.25) is 0 Å². The minimum Gasteiger partial charge on any atom is -0.493 e. The van der Waals surface area contributed by atoms with Gasteiger partial charge in [-0.15, -0.1) is 0 Å². The van der Waals surface area contributed by atoms with Gasteiger partial charge in [-0.2, -0.15) is 0 Å². The number of nitrogens with two attached hydrogens (primary N) is 1. The predicted octanol–water partition coefficient (Wildman–Crippen LogP) is 2.04. The quantitative estimate of drug-likeness (QED) is 0.609. The molecule has 0 atom stereocenters. The van der Waals surface area contributed by atoms with Crippen molar-refractivity contribution in [3.63, 3.8) is 0 Å². The summed E-state index contributed by atoms with van der Waals surface area (Å²) in [5.74, 6) is 0.871. The van der Waals surface area contributed by atoms with Crippen molar-refractivity contribution < 1.29 is 9.47 Å². The fourth-order valence-corrected chi connectivity index (χ4v) is 1.48. The summed E-state index contributed by atoms with van der Waals surface area (Å²) in [4.78, 5) is 0.411. The number of rotatable bonds is 6. The molecular formula is C12H17NO2S. The van der Waals surface area contributed by atoms with Gasteiger partial charge in [0.1, 0.15) is 10.7 Å². The molecule has 0 aliphatic heterocycles. The highest BCUT2D eigenvalue weighted by Gasteiger charge is 2.02. The van der Waals surface area contributed by atoms with Crippen LogP contribution < -0.4 is 10.5 Å². The van der Waals surface area contributed by atoms with Crippen LogP contribution in [0.4, 0.5) is 0 Å². The maximum atomic E-state index is 5.61. The van der Waals surface area contributed by atoms with Crippen molar-refractivity contribution in [3.05, 3.63) is 29.3 Å². The second-order valence-electron chi connectivity index (χ2n) is 3.54. The van der Waals surface area contributed by atoms with Crippen molar-refractivity contribution in [2.24, 2.45) is 5.73 Å². The molecule has 88 valence electrons. The first-order valence-corrected chi connectivity index (χ1v) is 5.58. The monoisotopic (exact) mass is 239 g/mol. The molecule has 0 bridgehead atoms. The van der Waals surface area contributed by atoms with Gasteiger partial charge in [-0.1, -0.05) is 12.2 Å². The molecule has 0 heterocycles. The van der Waals surface area contributed by atoms with E-state index in [0.717, 1.165) is 23.3 Å². The van der Waals surface area contributed by atoms with Crippen LogP contribution in [0.5, 0.6) is 5.75 Å². The lowest BCUT2D eigenvalue weighted by Gasteiger charge is -2.10. The van der Waals surface area contributed by atoms with Crippen LogP contribution in [0.15, 0.2) is 18.2 Å². The average molecular weight is 239 g/mol. The summed E-state index contributed by atoms with van der Waals surface area (Å²) in [5.41, 5.74) is 7.46. The van der Waals surface area contributed by atoms with Crippen LogP contribution in [0.25, 0.3) is 0 Å². The van der Waals surface area contributed by atoms with E-state index in [2.05, 4.69) is 0 Å². The van der Waals surface area contributed by atoms with E-state index in [1.54, 1.807) is 7.11 Å². The summed E-state index contributed by atoms with van der Waals surface area (Å²) in [5, 5.41) is 0. The van der Waals surface area contributed by atoms with Gasteiger partial charge in [-0.25, -0.2) is 0 Å². The van der Waals surface area contributed by atoms with E-state index >= 15 is 0 Å². The van der Waals surface area contributed by atoms with E-state index in [1.807, 2.05) is 25.1 Å². The summed E-state index contributed by atoms with van der Waals surface area (Å²) in [6.45, 7) is 3.35. The topological polar surface area (TPSA) is 44.5 Å². The zero-order valence-corrected chi connectivity index (χ0v) is 10.5. The molecule has 0 fully saturated rings. The Morgan fingerprint density at radius 3 is 2.69 bits per heavy atom. The SMILES string of the molecule is COCCCOc1ccc(C(N)=S)cc1C. The average Bonchev–Trinajstić information content (AvgIpc) is 2.26. The van der Waals surface area contributed by atoms with Crippen LogP contribution in [0.2, 0.25) is 0 Å². The fourth-order valence-electron chi connectivity index (χ4n) is 1.35. The van der Waals surface area contributed by atoms with Crippen LogP contribution in [-0.2, 0) is 4.74 Å². The van der Waals surface area contributed by atoms with Crippen molar-refractivity contribution in [2.45, 2.75) is 13.3 Å². The Balaban J connectivity index is 2.57. The second kappa shape index (κ2) is 6.45. The van der Waals surface area contributed by atoms with Gasteiger partial charge in [0.2, 0.25) is 0 Å². The van der Waals surface area contributed by atoms with Gasteiger partial charge in [0, 0.05) is 25.7 Å². The van der Waals surface area contributed by atoms with Gasteiger partial charge in [-0.05, 0) is 30.7 Å². The zero-order valence-electron chi connectivity index (χ0n) is 9.66. The van der Waals surface area contributed by atoms with Gasteiger partial charge in [0.15, 0.2) is 0 Å². The van der Waals surface area contributed by atoms with Crippen LogP contribution in [0, 0.1) is 6.92 Å². The Morgan fingerprint density at radius 2 is 2.12 bits per heavy atom. The lowest BCUT2D eigenvalue weighted by molar-refractivity contribution is 0.172. The standard InChI is InChI=1S/C12H17NO2S/c1-9-8-10(12(13)16)4-5-11(9)15-7-3-6-14-2/h4-5,8H,3,6-7H2,1-2H3,(H2,13,16). The Labute approximate surface area is 102 Å². The van der Waals surface area contributed by atoms with E-state index in [4.69, 9.17) is 27.4 Å². The van der Waals surface area contributed by atoms with Crippen molar-refractivity contribution in [2.75, 3.05) is 20.3 Å². The summed E-state index contributed by atoms with van der Waals surface area (Å²) >= 11 is 4.91. The zero-order chi connectivity index (χ0) is 12.0. The van der Waals surface area contributed by atoms with E-state index in [0.29, 0.717) is 18.2 Å². The van der Waals surface area contributed by atoms with Crippen molar-refractivity contribution >= 4 is 17.2 Å². The lowest BCUT2D eigenvalue weighted by atomic mass is 10.1. The fraction of sp³-hybridized carbons (Fsp3) is 0.417. The maximum Gasteiger partial charge on any atom is 0.122 e. The molecule has 2 N–H and O–H groups in total. The lowest BCUT2D eigenvalue weighted by Crippen LogP contribution is -2.10. The maximum absolute atomic E-state index is 5.61. The van der Waals surface area contributed by atoms with E-state index in [-0.39, 0.29) is 0 Å². The molecule has 0 unspecified atom stereocenters. The first kappa shape index (κ1) is 12.9. The highest BCUT2D eigenvalue weighted by atomic mass is 32.1.